The van der Waals surface area contributed by atoms with Crippen LogP contribution in [0.3, 0.4) is 0 Å². The number of aryl methyl sites for hydroxylation is 1. The van der Waals surface area contributed by atoms with E-state index in [1.54, 1.807) is 6.82 Å². The zero-order valence-corrected chi connectivity index (χ0v) is 20.9. The van der Waals surface area contributed by atoms with Gasteiger partial charge in [0, 0.05) is 25.7 Å². The maximum Gasteiger partial charge on any atom is 0.416 e. The van der Waals surface area contributed by atoms with Gasteiger partial charge >= 0.3 is 6.18 Å². The number of sulfonamides is 1. The topological polar surface area (TPSA) is 69.6 Å². The van der Waals surface area contributed by atoms with Gasteiger partial charge in [-0.1, -0.05) is 54.8 Å². The molecule has 0 fully saturated rings. The van der Waals surface area contributed by atoms with E-state index in [0.29, 0.717) is 6.07 Å². The highest BCUT2D eigenvalue weighted by Crippen LogP contribution is 2.30. The Morgan fingerprint density at radius 2 is 1.76 bits per heavy atom. The van der Waals surface area contributed by atoms with Crippen molar-refractivity contribution in [3.8, 4) is 0 Å². The van der Waals surface area contributed by atoms with Gasteiger partial charge in [-0.15, -0.1) is 0 Å². The summed E-state index contributed by atoms with van der Waals surface area (Å²) < 4.78 is 66.3. The standard InChI is InChI=1S/C24H33BF3N2O3S/c1-23(2,14-8-11-18-9-6-5-7-10-18)29-16-20(31)17-30(4)34(32,33)22-15-19(24(26,27)28)12-13-21(22)25-3/h5-7,9-10,12-13,15,20,29,31H,8,11,14,16-17H2,1-4H3/t20-/m1/s1. The predicted octanol–water partition coefficient (Wildman–Crippen LogP) is 3.46. The van der Waals surface area contributed by atoms with E-state index in [1.165, 1.54) is 19.9 Å². The molecule has 0 unspecified atom stereocenters. The number of benzene rings is 2. The minimum absolute atomic E-state index is 0.146. The van der Waals surface area contributed by atoms with Crippen LogP contribution in [-0.4, -0.2) is 56.9 Å². The molecule has 0 bridgehead atoms. The van der Waals surface area contributed by atoms with E-state index in [1.807, 2.05) is 32.0 Å². The van der Waals surface area contributed by atoms with E-state index in [-0.39, 0.29) is 24.1 Å². The number of halogens is 3. The lowest BCUT2D eigenvalue weighted by atomic mass is 9.73. The van der Waals surface area contributed by atoms with Crippen molar-refractivity contribution in [2.45, 2.75) is 62.6 Å². The van der Waals surface area contributed by atoms with Gasteiger partial charge in [-0.25, -0.2) is 8.42 Å². The fraction of sp³-hybridized carbons (Fsp3) is 0.500. The normalized spacial score (nSPS) is 13.8. The molecule has 2 aromatic rings. The first-order valence-corrected chi connectivity index (χ1v) is 12.6. The molecule has 0 spiro atoms. The first kappa shape index (κ1) is 28.4. The summed E-state index contributed by atoms with van der Waals surface area (Å²) in [6.07, 6.45) is -2.97. The molecule has 1 atom stereocenters. The van der Waals surface area contributed by atoms with Crippen LogP contribution >= 0.6 is 0 Å². The number of aliphatic hydroxyl groups is 1. The molecule has 187 valence electrons. The first-order valence-electron chi connectivity index (χ1n) is 11.2. The van der Waals surface area contributed by atoms with Crippen LogP contribution in [0.2, 0.25) is 6.82 Å². The van der Waals surface area contributed by atoms with Crippen molar-refractivity contribution in [1.29, 1.82) is 0 Å². The van der Waals surface area contributed by atoms with E-state index in [9.17, 15) is 26.7 Å². The Balaban J connectivity index is 1.97. The minimum atomic E-state index is -4.66. The number of rotatable bonds is 12. The molecule has 5 nitrogen and oxygen atoms in total. The molecule has 0 amide bonds. The van der Waals surface area contributed by atoms with Crippen LogP contribution in [-0.2, 0) is 22.6 Å². The fourth-order valence-electron chi connectivity index (χ4n) is 3.66. The Morgan fingerprint density at radius 1 is 1.12 bits per heavy atom. The monoisotopic (exact) mass is 497 g/mol. The van der Waals surface area contributed by atoms with Crippen LogP contribution in [0.5, 0.6) is 0 Å². The van der Waals surface area contributed by atoms with Crippen molar-refractivity contribution in [2.24, 2.45) is 0 Å². The van der Waals surface area contributed by atoms with Gasteiger partial charge in [-0.2, -0.15) is 17.5 Å². The van der Waals surface area contributed by atoms with Crippen LogP contribution in [0, 0.1) is 0 Å². The van der Waals surface area contributed by atoms with Crippen molar-refractivity contribution in [1.82, 2.24) is 9.62 Å². The van der Waals surface area contributed by atoms with Gasteiger partial charge in [-0.05, 0) is 44.7 Å². The second kappa shape index (κ2) is 11.7. The number of β-amino-alcohol motifs (C(OH)–C–C–N with tert-alkyl or cyclic N) is 1. The van der Waals surface area contributed by atoms with Crippen LogP contribution in [0.4, 0.5) is 13.2 Å². The van der Waals surface area contributed by atoms with Gasteiger partial charge in [-0.3, -0.25) is 0 Å². The lowest BCUT2D eigenvalue weighted by molar-refractivity contribution is -0.137. The zero-order valence-electron chi connectivity index (χ0n) is 20.1. The lowest BCUT2D eigenvalue weighted by Gasteiger charge is -2.29. The number of alkyl halides is 3. The molecule has 0 saturated carbocycles. The number of hydrogen-bond donors (Lipinski definition) is 2. The highest BCUT2D eigenvalue weighted by atomic mass is 32.2. The van der Waals surface area contributed by atoms with Crippen LogP contribution in [0.15, 0.2) is 53.4 Å². The van der Waals surface area contributed by atoms with Gasteiger partial charge in [0.25, 0.3) is 0 Å². The minimum Gasteiger partial charge on any atom is -0.390 e. The average molecular weight is 497 g/mol. The Kier molecular flexibility index (Phi) is 9.76. The number of hydrogen-bond acceptors (Lipinski definition) is 4. The molecular weight excluding hydrogens is 464 g/mol. The second-order valence-electron chi connectivity index (χ2n) is 9.08. The molecule has 0 aliphatic carbocycles. The van der Waals surface area contributed by atoms with E-state index in [0.717, 1.165) is 35.7 Å². The SMILES string of the molecule is C[B]c1ccc(C(F)(F)F)cc1S(=O)(=O)N(C)C[C@H](O)CNC(C)(C)CCCc1ccccc1. The van der Waals surface area contributed by atoms with Gasteiger partial charge in [0.1, 0.15) is 7.28 Å². The molecule has 1 radical (unpaired) electrons. The Labute approximate surface area is 201 Å². The second-order valence-corrected chi connectivity index (χ2v) is 11.1. The first-order chi connectivity index (χ1) is 15.8. The summed E-state index contributed by atoms with van der Waals surface area (Å²) in [7, 11) is -1.55. The van der Waals surface area contributed by atoms with Crippen molar-refractivity contribution in [2.75, 3.05) is 20.1 Å². The molecule has 2 aromatic carbocycles. The molecule has 10 heteroatoms. The largest absolute Gasteiger partial charge is 0.416 e. The highest BCUT2D eigenvalue weighted by molar-refractivity contribution is 7.89. The molecule has 0 aliphatic heterocycles. The summed E-state index contributed by atoms with van der Waals surface area (Å²) in [6, 6.07) is 12.8. The van der Waals surface area contributed by atoms with Crippen molar-refractivity contribution in [3.63, 3.8) is 0 Å². The Hall–Kier alpha value is -1.88. The molecule has 0 aliphatic rings. The van der Waals surface area contributed by atoms with E-state index < -0.39 is 32.8 Å². The van der Waals surface area contributed by atoms with Crippen LogP contribution < -0.4 is 10.8 Å². The summed E-state index contributed by atoms with van der Waals surface area (Å²) in [5.74, 6) is 0. The summed E-state index contributed by atoms with van der Waals surface area (Å²) in [6.45, 7) is 5.47. The fourth-order valence-corrected chi connectivity index (χ4v) is 5.13. The number of nitrogens with zero attached hydrogens (tertiary/aromatic N) is 1. The number of aliphatic hydroxyl groups excluding tert-OH is 1. The highest BCUT2D eigenvalue weighted by Gasteiger charge is 2.34. The number of likely N-dealkylation sites (N-methyl/N-ethyl adjacent to an activating group) is 1. The smallest absolute Gasteiger partial charge is 0.390 e. The van der Waals surface area contributed by atoms with Crippen molar-refractivity contribution >= 4 is 22.8 Å². The molecule has 2 rings (SSSR count). The third-order valence-electron chi connectivity index (χ3n) is 5.73. The van der Waals surface area contributed by atoms with Gasteiger partial charge < -0.3 is 10.4 Å². The Bertz CT molecular complexity index is 1030. The third-order valence-corrected chi connectivity index (χ3v) is 7.61. The van der Waals surface area contributed by atoms with Gasteiger partial charge in [0.05, 0.1) is 16.6 Å². The van der Waals surface area contributed by atoms with Crippen molar-refractivity contribution in [3.05, 3.63) is 59.7 Å². The third kappa shape index (κ3) is 8.11. The average Bonchev–Trinajstić information content (AvgIpc) is 2.77. The molecular formula is C24H33BF3N2O3S. The maximum atomic E-state index is 13.1. The van der Waals surface area contributed by atoms with Crippen LogP contribution in [0.1, 0.15) is 37.8 Å². The quantitative estimate of drug-likeness (QED) is 0.441. The van der Waals surface area contributed by atoms with E-state index >= 15 is 0 Å². The Morgan fingerprint density at radius 3 is 2.35 bits per heavy atom. The zero-order chi connectivity index (χ0) is 25.6. The summed E-state index contributed by atoms with van der Waals surface area (Å²) >= 11 is 0. The number of nitrogens with one attached hydrogen (secondary N) is 1. The molecule has 2 N–H and O–H groups in total. The van der Waals surface area contributed by atoms with E-state index in [2.05, 4.69) is 17.4 Å². The van der Waals surface area contributed by atoms with Gasteiger partial charge in [0.15, 0.2) is 0 Å². The molecule has 34 heavy (non-hydrogen) atoms. The molecule has 0 saturated heterocycles. The van der Waals surface area contributed by atoms with Gasteiger partial charge in [0.2, 0.25) is 10.0 Å². The lowest BCUT2D eigenvalue weighted by Crippen LogP contribution is -2.47. The molecule has 0 heterocycles. The predicted molar refractivity (Wildman–Crippen MR) is 130 cm³/mol. The summed E-state index contributed by atoms with van der Waals surface area (Å²) in [5.41, 5.74) is 0.110. The summed E-state index contributed by atoms with van der Waals surface area (Å²) in [5, 5.41) is 13.7. The van der Waals surface area contributed by atoms with E-state index in [4.69, 9.17) is 0 Å². The van der Waals surface area contributed by atoms with Crippen molar-refractivity contribution < 1.29 is 26.7 Å². The molecule has 0 aromatic heterocycles. The maximum absolute atomic E-state index is 13.1. The summed E-state index contributed by atoms with van der Waals surface area (Å²) in [4.78, 5) is -0.436. The van der Waals surface area contributed by atoms with Crippen LogP contribution in [0.25, 0.3) is 0 Å².